The van der Waals surface area contributed by atoms with Crippen molar-refractivity contribution in [3.8, 4) is 6.07 Å². The van der Waals surface area contributed by atoms with E-state index in [1.54, 1.807) is 30.5 Å². The predicted octanol–water partition coefficient (Wildman–Crippen LogP) is 3.08. The van der Waals surface area contributed by atoms with E-state index in [0.717, 1.165) is 5.56 Å². The molecule has 3 nitrogen and oxygen atoms in total. The standard InChI is InChI=1S/C16H12N2O/c1-12(19)15(16-4-2-3-9-18-16)10-13-5-7-14(11-17)8-6-13/h2-10H,1H3/b15-10-. The Morgan fingerprint density at radius 3 is 2.47 bits per heavy atom. The average molecular weight is 248 g/mol. The van der Waals surface area contributed by atoms with Crippen molar-refractivity contribution in [3.05, 3.63) is 65.5 Å². The number of benzene rings is 1. The molecule has 2 rings (SSSR count). The van der Waals surface area contributed by atoms with Crippen LogP contribution in [0.4, 0.5) is 0 Å². The number of ketones is 1. The maximum Gasteiger partial charge on any atom is 0.161 e. The second-order valence-corrected chi connectivity index (χ2v) is 4.06. The van der Waals surface area contributed by atoms with Crippen molar-refractivity contribution >= 4 is 17.4 Å². The van der Waals surface area contributed by atoms with E-state index in [1.165, 1.54) is 6.92 Å². The number of rotatable bonds is 3. The molecule has 2 aromatic rings. The number of aromatic nitrogens is 1. The first-order valence-corrected chi connectivity index (χ1v) is 5.85. The van der Waals surface area contributed by atoms with Gasteiger partial charge in [-0.15, -0.1) is 0 Å². The molecule has 1 aromatic heterocycles. The summed E-state index contributed by atoms with van der Waals surface area (Å²) in [6.45, 7) is 1.52. The van der Waals surface area contributed by atoms with E-state index in [2.05, 4.69) is 11.1 Å². The van der Waals surface area contributed by atoms with Gasteiger partial charge in [-0.1, -0.05) is 18.2 Å². The Balaban J connectivity index is 2.42. The summed E-state index contributed by atoms with van der Waals surface area (Å²) in [5.74, 6) is -0.0388. The van der Waals surface area contributed by atoms with Crippen molar-refractivity contribution < 1.29 is 4.79 Å². The number of carbonyl (C=O) groups excluding carboxylic acids is 1. The summed E-state index contributed by atoms with van der Waals surface area (Å²) >= 11 is 0. The highest BCUT2D eigenvalue weighted by molar-refractivity contribution is 6.23. The normalized spacial score (nSPS) is 10.8. The van der Waals surface area contributed by atoms with Gasteiger partial charge < -0.3 is 0 Å². The molecule has 3 heteroatoms. The van der Waals surface area contributed by atoms with Crippen LogP contribution >= 0.6 is 0 Å². The fraction of sp³-hybridized carbons (Fsp3) is 0.0625. The van der Waals surface area contributed by atoms with Gasteiger partial charge in [0.15, 0.2) is 5.78 Å². The Bertz CT molecular complexity index is 649. The number of hydrogen-bond acceptors (Lipinski definition) is 3. The summed E-state index contributed by atoms with van der Waals surface area (Å²) in [7, 11) is 0. The van der Waals surface area contributed by atoms with E-state index < -0.39 is 0 Å². The Morgan fingerprint density at radius 2 is 1.95 bits per heavy atom. The summed E-state index contributed by atoms with van der Waals surface area (Å²) in [6, 6.07) is 14.6. The quantitative estimate of drug-likeness (QED) is 0.784. The average Bonchev–Trinajstić information content (AvgIpc) is 2.46. The Kier molecular flexibility index (Phi) is 3.84. The maximum absolute atomic E-state index is 11.7. The third kappa shape index (κ3) is 3.14. The largest absolute Gasteiger partial charge is 0.294 e. The molecule has 0 aliphatic rings. The summed E-state index contributed by atoms with van der Waals surface area (Å²) in [5.41, 5.74) is 2.68. The van der Waals surface area contributed by atoms with Crippen molar-refractivity contribution in [2.45, 2.75) is 6.92 Å². The van der Waals surface area contributed by atoms with Crippen LogP contribution in [0, 0.1) is 11.3 Å². The summed E-state index contributed by atoms with van der Waals surface area (Å²) in [5, 5.41) is 8.75. The maximum atomic E-state index is 11.7. The van der Waals surface area contributed by atoms with Crippen LogP contribution in [0.25, 0.3) is 11.6 Å². The number of pyridine rings is 1. The highest BCUT2D eigenvalue weighted by Crippen LogP contribution is 2.17. The van der Waals surface area contributed by atoms with Crippen LogP contribution in [0.3, 0.4) is 0 Å². The van der Waals surface area contributed by atoms with E-state index in [9.17, 15) is 4.79 Å². The smallest absolute Gasteiger partial charge is 0.161 e. The molecule has 0 bridgehead atoms. The third-order valence-electron chi connectivity index (χ3n) is 2.67. The molecule has 0 unspecified atom stereocenters. The molecule has 19 heavy (non-hydrogen) atoms. The highest BCUT2D eigenvalue weighted by atomic mass is 16.1. The molecule has 0 radical (unpaired) electrons. The molecule has 0 saturated carbocycles. The van der Waals surface area contributed by atoms with Gasteiger partial charge in [-0.25, -0.2) is 0 Å². The molecule has 0 N–H and O–H groups in total. The van der Waals surface area contributed by atoms with Gasteiger partial charge >= 0.3 is 0 Å². The minimum Gasteiger partial charge on any atom is -0.294 e. The van der Waals surface area contributed by atoms with Gasteiger partial charge in [-0.2, -0.15) is 5.26 Å². The molecule has 0 saturated heterocycles. The number of allylic oxidation sites excluding steroid dienone is 1. The summed E-state index contributed by atoms with van der Waals surface area (Å²) in [4.78, 5) is 15.9. The second kappa shape index (κ2) is 5.74. The molecule has 1 aromatic carbocycles. The molecule has 0 aliphatic carbocycles. The number of Topliss-reactive ketones (excluding diaryl/α,β-unsaturated/α-hetero) is 1. The van der Waals surface area contributed by atoms with Gasteiger partial charge in [0.2, 0.25) is 0 Å². The molecule has 0 fully saturated rings. The zero-order valence-electron chi connectivity index (χ0n) is 10.5. The fourth-order valence-corrected chi connectivity index (χ4v) is 1.70. The molecular weight excluding hydrogens is 236 g/mol. The Labute approximate surface area is 111 Å². The molecule has 0 atom stereocenters. The van der Waals surface area contributed by atoms with E-state index in [-0.39, 0.29) is 5.78 Å². The topological polar surface area (TPSA) is 53.8 Å². The van der Waals surface area contributed by atoms with Crippen molar-refractivity contribution in [2.24, 2.45) is 0 Å². The molecule has 0 spiro atoms. The minimum absolute atomic E-state index is 0.0388. The predicted molar refractivity (Wildman–Crippen MR) is 73.9 cm³/mol. The highest BCUT2D eigenvalue weighted by Gasteiger charge is 2.08. The van der Waals surface area contributed by atoms with Gasteiger partial charge in [0, 0.05) is 11.8 Å². The second-order valence-electron chi connectivity index (χ2n) is 4.06. The van der Waals surface area contributed by atoms with E-state index in [4.69, 9.17) is 5.26 Å². The minimum atomic E-state index is -0.0388. The first-order chi connectivity index (χ1) is 9.20. The number of carbonyl (C=O) groups is 1. The third-order valence-corrected chi connectivity index (χ3v) is 2.67. The van der Waals surface area contributed by atoms with Crippen molar-refractivity contribution in [2.75, 3.05) is 0 Å². The van der Waals surface area contributed by atoms with Crippen molar-refractivity contribution in [1.29, 1.82) is 5.26 Å². The SMILES string of the molecule is CC(=O)/C(=C/c1ccc(C#N)cc1)c1ccccn1. The Hall–Kier alpha value is -2.73. The lowest BCUT2D eigenvalue weighted by atomic mass is 10.0. The lowest BCUT2D eigenvalue weighted by molar-refractivity contribution is -0.111. The zero-order valence-corrected chi connectivity index (χ0v) is 10.5. The zero-order chi connectivity index (χ0) is 13.7. The van der Waals surface area contributed by atoms with Gasteiger partial charge in [0.05, 0.1) is 17.3 Å². The molecular formula is C16H12N2O. The monoisotopic (exact) mass is 248 g/mol. The number of hydrogen-bond donors (Lipinski definition) is 0. The van der Waals surface area contributed by atoms with Gasteiger partial charge in [0.25, 0.3) is 0 Å². The van der Waals surface area contributed by atoms with Crippen LogP contribution in [0.2, 0.25) is 0 Å². The van der Waals surface area contributed by atoms with E-state index in [0.29, 0.717) is 16.8 Å². The molecule has 1 heterocycles. The summed E-state index contributed by atoms with van der Waals surface area (Å²) in [6.07, 6.45) is 3.44. The van der Waals surface area contributed by atoms with Crippen LogP contribution in [0.5, 0.6) is 0 Å². The van der Waals surface area contributed by atoms with Gasteiger partial charge in [-0.3, -0.25) is 9.78 Å². The van der Waals surface area contributed by atoms with Crippen LogP contribution in [0.15, 0.2) is 48.7 Å². The van der Waals surface area contributed by atoms with Gasteiger partial charge in [0.1, 0.15) is 0 Å². The van der Waals surface area contributed by atoms with E-state index in [1.807, 2.05) is 24.3 Å². The van der Waals surface area contributed by atoms with Crippen LogP contribution in [-0.2, 0) is 4.79 Å². The fourth-order valence-electron chi connectivity index (χ4n) is 1.70. The van der Waals surface area contributed by atoms with Crippen molar-refractivity contribution in [1.82, 2.24) is 4.98 Å². The first kappa shape index (κ1) is 12.7. The van der Waals surface area contributed by atoms with Gasteiger partial charge in [-0.05, 0) is 42.8 Å². The summed E-state index contributed by atoms with van der Waals surface area (Å²) < 4.78 is 0. The first-order valence-electron chi connectivity index (χ1n) is 5.85. The molecule has 0 amide bonds. The van der Waals surface area contributed by atoms with Crippen molar-refractivity contribution in [3.63, 3.8) is 0 Å². The lowest BCUT2D eigenvalue weighted by Gasteiger charge is -2.03. The van der Waals surface area contributed by atoms with Crippen LogP contribution in [-0.4, -0.2) is 10.8 Å². The lowest BCUT2D eigenvalue weighted by Crippen LogP contribution is -1.98. The molecule has 0 aliphatic heterocycles. The number of nitriles is 1. The van der Waals surface area contributed by atoms with Crippen LogP contribution in [0.1, 0.15) is 23.7 Å². The van der Waals surface area contributed by atoms with E-state index >= 15 is 0 Å². The van der Waals surface area contributed by atoms with Crippen LogP contribution < -0.4 is 0 Å². The molecule has 92 valence electrons. The Morgan fingerprint density at radius 1 is 1.21 bits per heavy atom. The number of nitrogens with zero attached hydrogens (tertiary/aromatic N) is 2.